The summed E-state index contributed by atoms with van der Waals surface area (Å²) >= 11 is 11.8. The number of benzene rings is 3. The van der Waals surface area contributed by atoms with E-state index < -0.39 is 6.04 Å². The SMILES string of the molecule is O=C(C[C@@H]1C(=O)N(c2ccc(Cl)cc2)C(=S)N1CCCN1CCN(Cc2ccccc2)CC1)Nc1ccc(F)cc1. The number of nitrogens with one attached hydrogen (secondary N) is 1. The minimum absolute atomic E-state index is 0.0708. The molecule has 0 aliphatic carbocycles. The number of hydrogen-bond acceptors (Lipinski definition) is 5. The smallest absolute Gasteiger partial charge is 0.256 e. The first-order valence-electron chi connectivity index (χ1n) is 13.8. The molecule has 2 saturated heterocycles. The number of anilines is 2. The molecule has 0 saturated carbocycles. The quantitative estimate of drug-likeness (QED) is 0.333. The third-order valence-electron chi connectivity index (χ3n) is 7.50. The number of rotatable bonds is 10. The summed E-state index contributed by atoms with van der Waals surface area (Å²) in [6.07, 6.45) is 0.731. The Labute approximate surface area is 250 Å². The largest absolute Gasteiger partial charge is 0.336 e. The van der Waals surface area contributed by atoms with Crippen LogP contribution in [0.15, 0.2) is 78.9 Å². The minimum Gasteiger partial charge on any atom is -0.336 e. The molecular formula is C31H33ClFN5O2S. The van der Waals surface area contributed by atoms with Crippen LogP contribution in [-0.4, -0.2) is 76.9 Å². The molecule has 2 fully saturated rings. The van der Waals surface area contributed by atoms with Gasteiger partial charge in [-0.3, -0.25) is 19.4 Å². The second-order valence-corrected chi connectivity index (χ2v) is 11.2. The van der Waals surface area contributed by atoms with Crippen LogP contribution in [0.2, 0.25) is 5.02 Å². The summed E-state index contributed by atoms with van der Waals surface area (Å²) in [6.45, 7) is 6.36. The molecule has 1 N–H and O–H groups in total. The number of nitrogens with zero attached hydrogens (tertiary/aromatic N) is 4. The van der Waals surface area contributed by atoms with Crippen LogP contribution in [0.1, 0.15) is 18.4 Å². The molecule has 10 heteroatoms. The average molecular weight is 594 g/mol. The van der Waals surface area contributed by atoms with Gasteiger partial charge in [-0.15, -0.1) is 0 Å². The van der Waals surface area contributed by atoms with E-state index in [0.29, 0.717) is 28.1 Å². The molecule has 3 aromatic rings. The van der Waals surface area contributed by atoms with E-state index in [0.717, 1.165) is 45.7 Å². The molecule has 0 radical (unpaired) electrons. The van der Waals surface area contributed by atoms with Crippen LogP contribution in [0.4, 0.5) is 15.8 Å². The van der Waals surface area contributed by atoms with Gasteiger partial charge < -0.3 is 15.1 Å². The van der Waals surface area contributed by atoms with Gasteiger partial charge in [0.15, 0.2) is 5.11 Å². The normalized spacial score (nSPS) is 18.2. The zero-order valence-electron chi connectivity index (χ0n) is 22.7. The molecule has 2 heterocycles. The average Bonchev–Trinajstić information content (AvgIpc) is 3.20. The van der Waals surface area contributed by atoms with E-state index in [4.69, 9.17) is 23.8 Å². The van der Waals surface area contributed by atoms with E-state index in [1.807, 2.05) is 11.0 Å². The Morgan fingerprint density at radius 2 is 1.56 bits per heavy atom. The maximum atomic E-state index is 13.6. The predicted molar refractivity (Wildman–Crippen MR) is 164 cm³/mol. The summed E-state index contributed by atoms with van der Waals surface area (Å²) in [5, 5.41) is 3.70. The van der Waals surface area contributed by atoms with Gasteiger partial charge in [-0.2, -0.15) is 0 Å². The van der Waals surface area contributed by atoms with Gasteiger partial charge >= 0.3 is 0 Å². The Kier molecular flexibility index (Phi) is 9.61. The first-order valence-corrected chi connectivity index (χ1v) is 14.6. The highest BCUT2D eigenvalue weighted by Gasteiger charge is 2.43. The molecule has 2 aliphatic rings. The molecule has 1 atom stereocenters. The van der Waals surface area contributed by atoms with Gasteiger partial charge in [0.25, 0.3) is 5.91 Å². The number of carbonyl (C=O) groups is 2. The third kappa shape index (κ3) is 7.48. The lowest BCUT2D eigenvalue weighted by Gasteiger charge is -2.35. The van der Waals surface area contributed by atoms with Crippen molar-refractivity contribution in [3.05, 3.63) is 95.3 Å². The first-order chi connectivity index (χ1) is 19.9. The number of amides is 2. The third-order valence-corrected chi connectivity index (χ3v) is 8.17. The highest BCUT2D eigenvalue weighted by Crippen LogP contribution is 2.29. The van der Waals surface area contributed by atoms with Crippen molar-refractivity contribution in [1.82, 2.24) is 14.7 Å². The number of thiocarbonyl (C=S) groups is 1. The standard InChI is InChI=1S/C31H33ClFN5O2S/c32-24-7-13-27(14-8-24)38-30(40)28(21-29(39)34-26-11-9-25(33)10-12-26)37(31(38)41)16-4-15-35-17-19-36(20-18-35)22-23-5-2-1-3-6-23/h1-3,5-14,28H,4,15-22H2,(H,34,39)/t28-/m1/s1. The van der Waals surface area contributed by atoms with Crippen LogP contribution < -0.4 is 10.2 Å². The van der Waals surface area contributed by atoms with Crippen molar-refractivity contribution in [2.75, 3.05) is 49.5 Å². The van der Waals surface area contributed by atoms with Crippen LogP contribution in [0, 0.1) is 5.82 Å². The second kappa shape index (κ2) is 13.5. The van der Waals surface area contributed by atoms with Crippen molar-refractivity contribution in [2.45, 2.75) is 25.4 Å². The number of piperazine rings is 1. The lowest BCUT2D eigenvalue weighted by atomic mass is 10.1. The van der Waals surface area contributed by atoms with E-state index in [2.05, 4.69) is 39.4 Å². The van der Waals surface area contributed by atoms with Gasteiger partial charge in [0, 0.05) is 50.0 Å². The lowest BCUT2D eigenvalue weighted by molar-refractivity contribution is -0.124. The highest BCUT2D eigenvalue weighted by molar-refractivity contribution is 7.80. The van der Waals surface area contributed by atoms with Crippen LogP contribution in [0.25, 0.3) is 0 Å². The van der Waals surface area contributed by atoms with Crippen LogP contribution >= 0.6 is 23.8 Å². The minimum atomic E-state index is -0.735. The fourth-order valence-corrected chi connectivity index (χ4v) is 5.85. The summed E-state index contributed by atoms with van der Waals surface area (Å²) in [4.78, 5) is 34.8. The maximum Gasteiger partial charge on any atom is 0.256 e. The van der Waals surface area contributed by atoms with E-state index in [1.54, 1.807) is 24.3 Å². The van der Waals surface area contributed by atoms with Gasteiger partial charge in [0.05, 0.1) is 12.1 Å². The Bertz CT molecular complexity index is 1350. The van der Waals surface area contributed by atoms with Crippen molar-refractivity contribution in [3.63, 3.8) is 0 Å². The molecule has 0 spiro atoms. The molecule has 2 amide bonds. The van der Waals surface area contributed by atoms with Gasteiger partial charge in [0.2, 0.25) is 5.91 Å². The molecule has 2 aliphatic heterocycles. The zero-order valence-corrected chi connectivity index (χ0v) is 24.3. The number of hydrogen-bond donors (Lipinski definition) is 1. The summed E-state index contributed by atoms with van der Waals surface area (Å²) in [6, 6.07) is 22.2. The summed E-state index contributed by atoms with van der Waals surface area (Å²) in [7, 11) is 0. The molecule has 5 rings (SSSR count). The van der Waals surface area contributed by atoms with Gasteiger partial charge in [-0.25, -0.2) is 4.39 Å². The van der Waals surface area contributed by atoms with E-state index >= 15 is 0 Å². The molecule has 3 aromatic carbocycles. The molecule has 0 unspecified atom stereocenters. The molecule has 41 heavy (non-hydrogen) atoms. The summed E-state index contributed by atoms with van der Waals surface area (Å²) in [5.74, 6) is -0.974. The van der Waals surface area contributed by atoms with Crippen molar-refractivity contribution >= 4 is 52.1 Å². The molecule has 0 aromatic heterocycles. The molecule has 214 valence electrons. The predicted octanol–water partition coefficient (Wildman–Crippen LogP) is 5.02. The first kappa shape index (κ1) is 29.1. The fraction of sp³-hybridized carbons (Fsp3) is 0.323. The lowest BCUT2D eigenvalue weighted by Crippen LogP contribution is -2.47. The Morgan fingerprint density at radius 1 is 0.902 bits per heavy atom. The summed E-state index contributed by atoms with van der Waals surface area (Å²) in [5.41, 5.74) is 2.41. The number of carbonyl (C=O) groups excluding carboxylic acids is 2. The molecular weight excluding hydrogens is 561 g/mol. The van der Waals surface area contributed by atoms with Gasteiger partial charge in [0.1, 0.15) is 11.9 Å². The number of halogens is 2. The maximum absolute atomic E-state index is 13.6. The topological polar surface area (TPSA) is 59.1 Å². The Balaban J connectivity index is 1.20. The fourth-order valence-electron chi connectivity index (χ4n) is 5.31. The van der Waals surface area contributed by atoms with Crippen LogP contribution in [0.5, 0.6) is 0 Å². The van der Waals surface area contributed by atoms with E-state index in [1.165, 1.54) is 34.7 Å². The van der Waals surface area contributed by atoms with E-state index in [-0.39, 0.29) is 24.1 Å². The molecule has 0 bridgehead atoms. The van der Waals surface area contributed by atoms with Crippen molar-refractivity contribution < 1.29 is 14.0 Å². The monoisotopic (exact) mass is 593 g/mol. The van der Waals surface area contributed by atoms with Crippen LogP contribution in [0.3, 0.4) is 0 Å². The van der Waals surface area contributed by atoms with E-state index in [9.17, 15) is 14.0 Å². The Morgan fingerprint density at radius 3 is 2.24 bits per heavy atom. The van der Waals surface area contributed by atoms with Crippen molar-refractivity contribution in [1.29, 1.82) is 0 Å². The van der Waals surface area contributed by atoms with Crippen LogP contribution in [-0.2, 0) is 16.1 Å². The highest BCUT2D eigenvalue weighted by atomic mass is 35.5. The van der Waals surface area contributed by atoms with Gasteiger partial charge in [-0.1, -0.05) is 41.9 Å². The summed E-state index contributed by atoms with van der Waals surface area (Å²) < 4.78 is 13.3. The second-order valence-electron chi connectivity index (χ2n) is 10.4. The van der Waals surface area contributed by atoms with Crippen molar-refractivity contribution in [3.8, 4) is 0 Å². The Hall–Kier alpha value is -3.37. The molecule has 7 nitrogen and oxygen atoms in total. The van der Waals surface area contributed by atoms with Crippen molar-refractivity contribution in [2.24, 2.45) is 0 Å². The van der Waals surface area contributed by atoms with Gasteiger partial charge in [-0.05, 0) is 79.3 Å². The zero-order chi connectivity index (χ0) is 28.8.